The molecule has 3 N–H and O–H groups in total. The SMILES string of the molecule is CCc1nc(NCc2cn[nH]c2C)cc(=O)[nH]1. The van der Waals surface area contributed by atoms with E-state index in [1.807, 2.05) is 13.8 Å². The average molecular weight is 233 g/mol. The molecule has 2 aromatic heterocycles. The summed E-state index contributed by atoms with van der Waals surface area (Å²) in [5.74, 6) is 1.27. The van der Waals surface area contributed by atoms with Crippen LogP contribution in [0.3, 0.4) is 0 Å². The molecule has 0 amide bonds. The maximum Gasteiger partial charge on any atom is 0.252 e. The zero-order valence-electron chi connectivity index (χ0n) is 9.87. The normalized spacial score (nSPS) is 10.5. The third-order valence-electron chi connectivity index (χ3n) is 2.52. The van der Waals surface area contributed by atoms with Crippen molar-refractivity contribution in [2.24, 2.45) is 0 Å². The number of hydrogen-bond donors (Lipinski definition) is 3. The van der Waals surface area contributed by atoms with Gasteiger partial charge in [0.1, 0.15) is 11.6 Å². The van der Waals surface area contributed by atoms with Crippen molar-refractivity contribution >= 4 is 5.82 Å². The van der Waals surface area contributed by atoms with E-state index < -0.39 is 0 Å². The van der Waals surface area contributed by atoms with Gasteiger partial charge in [-0.3, -0.25) is 9.89 Å². The lowest BCUT2D eigenvalue weighted by Crippen LogP contribution is -2.13. The molecule has 0 radical (unpaired) electrons. The number of aromatic amines is 2. The Morgan fingerprint density at radius 2 is 2.29 bits per heavy atom. The Balaban J connectivity index is 2.11. The molecule has 0 aliphatic carbocycles. The maximum absolute atomic E-state index is 11.3. The summed E-state index contributed by atoms with van der Waals surface area (Å²) in [6.07, 6.45) is 2.46. The molecule has 0 unspecified atom stereocenters. The number of nitrogens with zero attached hydrogens (tertiary/aromatic N) is 2. The van der Waals surface area contributed by atoms with E-state index >= 15 is 0 Å². The topological polar surface area (TPSA) is 86.5 Å². The Bertz CT molecular complexity index is 557. The first kappa shape index (κ1) is 11.4. The van der Waals surface area contributed by atoms with Crippen molar-refractivity contribution in [1.29, 1.82) is 0 Å². The summed E-state index contributed by atoms with van der Waals surface area (Å²) in [5, 5.41) is 9.90. The van der Waals surface area contributed by atoms with Gasteiger partial charge in [-0.25, -0.2) is 4.98 Å². The standard InChI is InChI=1S/C11H15N5O/c1-3-9-14-10(4-11(17)15-9)12-5-8-6-13-16-7(8)2/h4,6H,3,5H2,1-2H3,(H,13,16)(H2,12,14,15,17). The summed E-state index contributed by atoms with van der Waals surface area (Å²) in [6, 6.07) is 1.45. The van der Waals surface area contributed by atoms with Gasteiger partial charge in [0.2, 0.25) is 0 Å². The Hall–Kier alpha value is -2.11. The zero-order valence-corrected chi connectivity index (χ0v) is 9.87. The van der Waals surface area contributed by atoms with Crippen molar-refractivity contribution in [1.82, 2.24) is 20.2 Å². The number of H-pyrrole nitrogens is 2. The first-order valence-corrected chi connectivity index (χ1v) is 5.52. The number of anilines is 1. The molecule has 6 heteroatoms. The van der Waals surface area contributed by atoms with E-state index in [0.29, 0.717) is 24.6 Å². The molecular weight excluding hydrogens is 218 g/mol. The second kappa shape index (κ2) is 4.82. The van der Waals surface area contributed by atoms with Crippen LogP contribution in [0.5, 0.6) is 0 Å². The van der Waals surface area contributed by atoms with Gasteiger partial charge in [0.15, 0.2) is 0 Å². The molecule has 90 valence electrons. The van der Waals surface area contributed by atoms with Crippen molar-refractivity contribution in [3.05, 3.63) is 39.7 Å². The predicted octanol–water partition coefficient (Wildman–Crippen LogP) is 0.976. The minimum Gasteiger partial charge on any atom is -0.366 e. The van der Waals surface area contributed by atoms with Crippen LogP contribution < -0.4 is 10.9 Å². The van der Waals surface area contributed by atoms with Crippen LogP contribution in [0.2, 0.25) is 0 Å². The van der Waals surface area contributed by atoms with Crippen molar-refractivity contribution < 1.29 is 0 Å². The first-order chi connectivity index (χ1) is 8.19. The molecule has 0 saturated heterocycles. The van der Waals surface area contributed by atoms with Gasteiger partial charge in [-0.15, -0.1) is 0 Å². The molecule has 0 saturated carbocycles. The van der Waals surface area contributed by atoms with E-state index in [1.54, 1.807) is 6.20 Å². The third kappa shape index (κ3) is 2.72. The quantitative estimate of drug-likeness (QED) is 0.734. The average Bonchev–Trinajstić information content (AvgIpc) is 2.71. The van der Waals surface area contributed by atoms with Gasteiger partial charge in [0, 0.05) is 30.3 Å². The summed E-state index contributed by atoms with van der Waals surface area (Å²) in [6.45, 7) is 4.50. The lowest BCUT2D eigenvalue weighted by Gasteiger charge is -2.05. The van der Waals surface area contributed by atoms with Gasteiger partial charge in [-0.1, -0.05) is 6.92 Å². The van der Waals surface area contributed by atoms with Gasteiger partial charge in [-0.05, 0) is 6.92 Å². The van der Waals surface area contributed by atoms with Gasteiger partial charge in [-0.2, -0.15) is 5.10 Å². The van der Waals surface area contributed by atoms with E-state index in [9.17, 15) is 4.79 Å². The summed E-state index contributed by atoms with van der Waals surface area (Å²) in [7, 11) is 0. The Morgan fingerprint density at radius 3 is 2.94 bits per heavy atom. The maximum atomic E-state index is 11.3. The summed E-state index contributed by atoms with van der Waals surface area (Å²) in [5.41, 5.74) is 1.94. The highest BCUT2D eigenvalue weighted by Crippen LogP contribution is 2.06. The zero-order chi connectivity index (χ0) is 12.3. The number of nitrogens with one attached hydrogen (secondary N) is 3. The van der Waals surface area contributed by atoms with E-state index in [1.165, 1.54) is 6.07 Å². The summed E-state index contributed by atoms with van der Waals surface area (Å²) < 4.78 is 0. The number of hydrogen-bond acceptors (Lipinski definition) is 4. The molecule has 2 rings (SSSR count). The number of aromatic nitrogens is 4. The van der Waals surface area contributed by atoms with E-state index in [4.69, 9.17) is 0 Å². The molecule has 0 spiro atoms. The number of aryl methyl sites for hydroxylation is 2. The van der Waals surface area contributed by atoms with Crippen LogP contribution >= 0.6 is 0 Å². The van der Waals surface area contributed by atoms with Crippen LogP contribution in [-0.2, 0) is 13.0 Å². The fraction of sp³-hybridized carbons (Fsp3) is 0.364. The first-order valence-electron chi connectivity index (χ1n) is 5.52. The van der Waals surface area contributed by atoms with Crippen LogP contribution in [0.15, 0.2) is 17.1 Å². The molecule has 0 aromatic carbocycles. The van der Waals surface area contributed by atoms with E-state index in [2.05, 4.69) is 25.5 Å². The van der Waals surface area contributed by atoms with Crippen LogP contribution in [-0.4, -0.2) is 20.2 Å². The van der Waals surface area contributed by atoms with Crippen molar-refractivity contribution in [2.75, 3.05) is 5.32 Å². The highest BCUT2D eigenvalue weighted by atomic mass is 16.1. The van der Waals surface area contributed by atoms with Crippen LogP contribution in [0.1, 0.15) is 24.0 Å². The highest BCUT2D eigenvalue weighted by molar-refractivity contribution is 5.34. The second-order valence-corrected chi connectivity index (χ2v) is 3.80. The molecule has 0 bridgehead atoms. The van der Waals surface area contributed by atoms with Gasteiger partial charge >= 0.3 is 0 Å². The van der Waals surface area contributed by atoms with Crippen LogP contribution in [0.25, 0.3) is 0 Å². The van der Waals surface area contributed by atoms with Gasteiger partial charge < -0.3 is 10.3 Å². The molecule has 0 aliphatic rings. The van der Waals surface area contributed by atoms with E-state index in [0.717, 1.165) is 11.3 Å². The summed E-state index contributed by atoms with van der Waals surface area (Å²) >= 11 is 0. The molecule has 2 heterocycles. The Kier molecular flexibility index (Phi) is 3.22. The summed E-state index contributed by atoms with van der Waals surface area (Å²) in [4.78, 5) is 18.3. The molecular formula is C11H15N5O. The molecule has 0 aliphatic heterocycles. The molecule has 0 atom stereocenters. The highest BCUT2D eigenvalue weighted by Gasteiger charge is 2.02. The van der Waals surface area contributed by atoms with E-state index in [-0.39, 0.29) is 5.56 Å². The smallest absolute Gasteiger partial charge is 0.252 e. The number of rotatable bonds is 4. The van der Waals surface area contributed by atoms with Crippen LogP contribution in [0, 0.1) is 6.92 Å². The van der Waals surface area contributed by atoms with Gasteiger partial charge in [0.05, 0.1) is 6.20 Å². The Morgan fingerprint density at radius 1 is 1.47 bits per heavy atom. The fourth-order valence-corrected chi connectivity index (χ4v) is 1.51. The molecule has 6 nitrogen and oxygen atoms in total. The predicted molar refractivity (Wildman–Crippen MR) is 64.9 cm³/mol. The van der Waals surface area contributed by atoms with Gasteiger partial charge in [0.25, 0.3) is 5.56 Å². The fourth-order valence-electron chi connectivity index (χ4n) is 1.51. The Labute approximate surface area is 98.5 Å². The molecule has 2 aromatic rings. The lowest BCUT2D eigenvalue weighted by molar-refractivity contribution is 0.914. The van der Waals surface area contributed by atoms with Crippen molar-refractivity contribution in [2.45, 2.75) is 26.8 Å². The monoisotopic (exact) mass is 233 g/mol. The lowest BCUT2D eigenvalue weighted by atomic mass is 10.2. The van der Waals surface area contributed by atoms with Crippen LogP contribution in [0.4, 0.5) is 5.82 Å². The largest absolute Gasteiger partial charge is 0.366 e. The third-order valence-corrected chi connectivity index (χ3v) is 2.52. The minimum absolute atomic E-state index is 0.136. The second-order valence-electron chi connectivity index (χ2n) is 3.80. The minimum atomic E-state index is -0.136. The molecule has 0 fully saturated rings. The molecule has 17 heavy (non-hydrogen) atoms. The van der Waals surface area contributed by atoms with Crippen molar-refractivity contribution in [3.63, 3.8) is 0 Å². The van der Waals surface area contributed by atoms with Crippen molar-refractivity contribution in [3.8, 4) is 0 Å².